The molecule has 68 valence electrons. The van der Waals surface area contributed by atoms with Crippen LogP contribution in [0.5, 0.6) is 0 Å². The molecule has 0 spiro atoms. The monoisotopic (exact) mass is 179 g/mol. The highest BCUT2D eigenvalue weighted by Crippen LogP contribution is 2.04. The molecule has 0 unspecified atom stereocenters. The van der Waals surface area contributed by atoms with Crippen LogP contribution < -0.4 is 11.3 Å². The van der Waals surface area contributed by atoms with Gasteiger partial charge in [0.05, 0.1) is 0 Å². The quantitative estimate of drug-likeness (QED) is 0.619. The summed E-state index contributed by atoms with van der Waals surface area (Å²) in [5, 5.41) is 9.91. The van der Waals surface area contributed by atoms with Gasteiger partial charge >= 0.3 is 0 Å². The largest absolute Gasteiger partial charge is 0.550 e. The van der Waals surface area contributed by atoms with Crippen molar-refractivity contribution < 1.29 is 9.90 Å². The van der Waals surface area contributed by atoms with Crippen molar-refractivity contribution in [3.8, 4) is 0 Å². The molecule has 0 radical (unpaired) electrons. The number of carboxylic acids is 1. The van der Waals surface area contributed by atoms with Crippen LogP contribution in [0.1, 0.15) is 26.2 Å². The van der Waals surface area contributed by atoms with Crippen molar-refractivity contribution in [3.05, 3.63) is 0 Å². The Balaban J connectivity index is 0. The molecule has 4 heteroatoms. The van der Waals surface area contributed by atoms with Crippen molar-refractivity contribution in [1.29, 1.82) is 0 Å². The predicted molar refractivity (Wildman–Crippen MR) is 47.8 cm³/mol. The lowest BCUT2D eigenvalue weighted by molar-refractivity contribution is -0.305. The highest BCUT2D eigenvalue weighted by molar-refractivity contribution is 7.99. The first-order valence-corrected chi connectivity index (χ1v) is 4.70. The summed E-state index contributed by atoms with van der Waals surface area (Å²) in [4.78, 5) is 9.91. The van der Waals surface area contributed by atoms with E-state index in [0.717, 1.165) is 5.75 Å². The number of quaternary nitrogens is 1. The Bertz CT molecular complexity index is 98.4. The van der Waals surface area contributed by atoms with Crippen LogP contribution in [0.25, 0.3) is 0 Å². The highest BCUT2D eigenvalue weighted by Gasteiger charge is 1.88. The van der Waals surface area contributed by atoms with Gasteiger partial charge < -0.3 is 16.1 Å². The number of rotatable bonds is 6. The number of unbranched alkanes of at least 4 members (excludes halogenated alkanes) is 1. The number of carbonyl (C=O) groups is 1. The van der Waals surface area contributed by atoms with E-state index in [0.29, 0.717) is 5.75 Å². The lowest BCUT2D eigenvalue weighted by atomic mass is 10.4. The maximum Gasteiger partial charge on any atom is 0.0422 e. The fourth-order valence-electron chi connectivity index (χ4n) is 0.504. The van der Waals surface area contributed by atoms with Gasteiger partial charge in [-0.05, 0) is 24.3 Å². The molecule has 4 N–H and O–H groups in total. The predicted octanol–water partition coefficient (Wildman–Crippen LogP) is 1.04. The normalized spacial score (nSPS) is 8.82. The number of hydrogen-bond acceptors (Lipinski definition) is 3. The average molecular weight is 179 g/mol. The molecular formula is C7H17NO2S. The maximum absolute atomic E-state index is 9.91. The zero-order chi connectivity index (χ0) is 7.82. The lowest BCUT2D eigenvalue weighted by Gasteiger charge is -2.00. The van der Waals surface area contributed by atoms with Crippen LogP contribution in [0.2, 0.25) is 0 Å². The minimum absolute atomic E-state index is 0. The molecule has 0 heterocycles. The summed E-state index contributed by atoms with van der Waals surface area (Å²) in [5.74, 6) is 0.829. The van der Waals surface area contributed by atoms with E-state index in [1.165, 1.54) is 12.8 Å². The van der Waals surface area contributed by atoms with Crippen molar-refractivity contribution in [2.45, 2.75) is 26.2 Å². The molecular weight excluding hydrogens is 162 g/mol. The first kappa shape index (κ1) is 13.4. The van der Waals surface area contributed by atoms with E-state index in [-0.39, 0.29) is 12.6 Å². The molecule has 0 aliphatic carbocycles. The number of thioether (sulfide) groups is 1. The van der Waals surface area contributed by atoms with Crippen molar-refractivity contribution in [1.82, 2.24) is 6.15 Å². The van der Waals surface area contributed by atoms with Crippen LogP contribution >= 0.6 is 11.8 Å². The van der Waals surface area contributed by atoms with Gasteiger partial charge in [0.25, 0.3) is 0 Å². The van der Waals surface area contributed by atoms with Gasteiger partial charge in [-0.3, -0.25) is 0 Å². The summed E-state index contributed by atoms with van der Waals surface area (Å²) >= 11 is 1.69. The Morgan fingerprint density at radius 2 is 2.09 bits per heavy atom. The molecule has 0 fully saturated rings. The first-order valence-electron chi connectivity index (χ1n) is 3.55. The van der Waals surface area contributed by atoms with E-state index in [1.807, 2.05) is 0 Å². The maximum atomic E-state index is 9.91. The summed E-state index contributed by atoms with van der Waals surface area (Å²) in [6.45, 7) is 2.12. The van der Waals surface area contributed by atoms with Crippen molar-refractivity contribution in [2.75, 3.05) is 11.5 Å². The van der Waals surface area contributed by atoms with Crippen molar-refractivity contribution in [3.63, 3.8) is 0 Å². The van der Waals surface area contributed by atoms with Crippen molar-refractivity contribution in [2.24, 2.45) is 0 Å². The van der Waals surface area contributed by atoms with Gasteiger partial charge in [-0.2, -0.15) is 11.8 Å². The second-order valence-corrected chi connectivity index (χ2v) is 3.31. The highest BCUT2D eigenvalue weighted by atomic mass is 32.2. The molecule has 11 heavy (non-hydrogen) atoms. The second kappa shape index (κ2) is 9.78. The Kier molecular flexibility index (Phi) is 11.9. The van der Waals surface area contributed by atoms with Gasteiger partial charge in [0.1, 0.15) is 0 Å². The Morgan fingerprint density at radius 1 is 1.45 bits per heavy atom. The van der Waals surface area contributed by atoms with Crippen molar-refractivity contribution >= 4 is 17.7 Å². The van der Waals surface area contributed by atoms with Gasteiger partial charge in [0.2, 0.25) is 0 Å². The fraction of sp³-hybridized carbons (Fsp3) is 0.857. The topological polar surface area (TPSA) is 76.6 Å². The zero-order valence-corrected chi connectivity index (χ0v) is 8.08. The van der Waals surface area contributed by atoms with Crippen LogP contribution in [0, 0.1) is 0 Å². The molecule has 0 aromatic heterocycles. The van der Waals surface area contributed by atoms with Gasteiger partial charge in [-0.1, -0.05) is 13.3 Å². The summed E-state index contributed by atoms with van der Waals surface area (Å²) in [6.07, 6.45) is 2.55. The van der Waals surface area contributed by atoms with Gasteiger partial charge in [0.15, 0.2) is 0 Å². The number of hydrogen-bond donors (Lipinski definition) is 1. The smallest absolute Gasteiger partial charge is 0.0422 e. The molecule has 0 saturated heterocycles. The summed E-state index contributed by atoms with van der Waals surface area (Å²) in [5.41, 5.74) is 0. The lowest BCUT2D eigenvalue weighted by Crippen LogP contribution is -2.22. The second-order valence-electron chi connectivity index (χ2n) is 2.09. The molecule has 0 aromatic carbocycles. The Labute approximate surface area is 72.1 Å². The molecule has 0 amide bonds. The molecule has 0 bridgehead atoms. The van der Waals surface area contributed by atoms with Crippen LogP contribution in [-0.4, -0.2) is 17.5 Å². The van der Waals surface area contributed by atoms with Crippen LogP contribution in [0.4, 0.5) is 0 Å². The summed E-state index contributed by atoms with van der Waals surface area (Å²) in [7, 11) is 0. The molecule has 0 atom stereocenters. The van der Waals surface area contributed by atoms with Crippen LogP contribution in [0.3, 0.4) is 0 Å². The van der Waals surface area contributed by atoms with E-state index in [4.69, 9.17) is 0 Å². The van der Waals surface area contributed by atoms with E-state index in [1.54, 1.807) is 11.8 Å². The minimum atomic E-state index is -0.941. The summed E-state index contributed by atoms with van der Waals surface area (Å²) in [6, 6.07) is 0. The number of carboxylic acid groups (broad SMARTS) is 1. The molecule has 0 aliphatic rings. The van der Waals surface area contributed by atoms with E-state index in [2.05, 4.69) is 6.92 Å². The third-order valence-electron chi connectivity index (χ3n) is 1.09. The molecule has 0 aromatic rings. The van der Waals surface area contributed by atoms with Gasteiger partial charge in [-0.25, -0.2) is 0 Å². The summed E-state index contributed by atoms with van der Waals surface area (Å²) < 4.78 is 0. The first-order chi connectivity index (χ1) is 4.77. The molecule has 0 aliphatic heterocycles. The van der Waals surface area contributed by atoms with E-state index < -0.39 is 5.97 Å². The standard InChI is InChI=1S/C7H14O2S.H3N/c1-2-3-5-10-6-4-7(8)9;/h2-6H2,1H3,(H,8,9);1H3. The minimum Gasteiger partial charge on any atom is -0.550 e. The molecule has 0 rings (SSSR count). The van der Waals surface area contributed by atoms with E-state index >= 15 is 0 Å². The third kappa shape index (κ3) is 12.9. The van der Waals surface area contributed by atoms with Gasteiger partial charge in [-0.15, -0.1) is 0 Å². The molecule has 0 saturated carbocycles. The Hall–Kier alpha value is -0.220. The Morgan fingerprint density at radius 3 is 2.55 bits per heavy atom. The van der Waals surface area contributed by atoms with Crippen LogP contribution in [0.15, 0.2) is 0 Å². The molecule has 3 nitrogen and oxygen atoms in total. The average Bonchev–Trinajstić information content (AvgIpc) is 1.87. The SMILES string of the molecule is CCCCSCCC(=O)[O-].[NH4+]. The van der Waals surface area contributed by atoms with E-state index in [9.17, 15) is 9.90 Å². The fourth-order valence-corrected chi connectivity index (χ4v) is 1.51. The number of aliphatic carboxylic acids is 1. The third-order valence-corrected chi connectivity index (χ3v) is 2.16. The number of carbonyl (C=O) groups excluding carboxylic acids is 1. The zero-order valence-electron chi connectivity index (χ0n) is 7.26. The van der Waals surface area contributed by atoms with Gasteiger partial charge in [0, 0.05) is 5.97 Å². The van der Waals surface area contributed by atoms with Crippen LogP contribution in [-0.2, 0) is 4.79 Å².